The Balaban J connectivity index is 1.89. The Morgan fingerprint density at radius 3 is 1.62 bits per heavy atom. The van der Waals surface area contributed by atoms with Gasteiger partial charge in [-0.3, -0.25) is 9.59 Å². The fraction of sp³-hybridized carbons (Fsp3) is 0.125. The molecule has 0 bridgehead atoms. The first kappa shape index (κ1) is 14.6. The molecule has 0 atom stereocenters. The van der Waals surface area contributed by atoms with Gasteiger partial charge in [0.2, 0.25) is 0 Å². The summed E-state index contributed by atoms with van der Waals surface area (Å²) in [5, 5.41) is 0. The van der Waals surface area contributed by atoms with Gasteiger partial charge >= 0.3 is 11.9 Å². The van der Waals surface area contributed by atoms with Crippen LogP contribution in [-0.2, 0) is 27.2 Å². The molecular weight excluding hydrogens is 268 g/mol. The van der Waals surface area contributed by atoms with E-state index in [1.165, 1.54) is 0 Å². The highest BCUT2D eigenvalue weighted by atomic mass is 16.6. The van der Waals surface area contributed by atoms with Gasteiger partial charge in [-0.25, -0.2) is 0 Å². The monoisotopic (exact) mass is 284 g/mol. The van der Waals surface area contributed by atoms with Crippen LogP contribution in [0.3, 0.4) is 0 Å². The summed E-state index contributed by atoms with van der Waals surface area (Å²) in [6.45, 7) is 0. The maximum absolute atomic E-state index is 11.7. The van der Waals surface area contributed by atoms with Crippen LogP contribution >= 0.6 is 0 Å². The third kappa shape index (κ3) is 4.65. The van der Waals surface area contributed by atoms with E-state index in [0.29, 0.717) is 22.5 Å². The number of carbonyl (C=O) groups is 2. The maximum atomic E-state index is 11.7. The molecule has 0 fully saturated rings. The number of hydrogen-bond acceptors (Lipinski definition) is 5. The number of nitrogens with two attached hydrogens (primary N) is 2. The molecule has 0 saturated carbocycles. The highest BCUT2D eigenvalue weighted by Gasteiger charge is 2.12. The third-order valence-electron chi connectivity index (χ3n) is 2.83. The van der Waals surface area contributed by atoms with E-state index < -0.39 is 11.9 Å². The topological polar surface area (TPSA) is 95.4 Å². The van der Waals surface area contributed by atoms with Crippen LogP contribution in [0.15, 0.2) is 48.5 Å². The van der Waals surface area contributed by atoms with Gasteiger partial charge in [-0.1, -0.05) is 24.3 Å². The lowest BCUT2D eigenvalue weighted by Gasteiger charge is -2.05. The van der Waals surface area contributed by atoms with Crippen molar-refractivity contribution in [3.63, 3.8) is 0 Å². The van der Waals surface area contributed by atoms with Crippen molar-refractivity contribution in [2.75, 3.05) is 11.5 Å². The van der Waals surface area contributed by atoms with E-state index >= 15 is 0 Å². The highest BCUT2D eigenvalue weighted by molar-refractivity contribution is 5.87. The van der Waals surface area contributed by atoms with Crippen LogP contribution < -0.4 is 11.5 Å². The average molecular weight is 284 g/mol. The van der Waals surface area contributed by atoms with Crippen molar-refractivity contribution in [3.8, 4) is 0 Å². The minimum atomic E-state index is -0.602. The number of esters is 2. The van der Waals surface area contributed by atoms with Gasteiger partial charge in [0, 0.05) is 11.4 Å². The van der Waals surface area contributed by atoms with Crippen LogP contribution in [0.25, 0.3) is 0 Å². The molecule has 0 aliphatic carbocycles. The summed E-state index contributed by atoms with van der Waals surface area (Å²) < 4.78 is 4.78. The lowest BCUT2D eigenvalue weighted by atomic mass is 10.1. The molecule has 4 N–H and O–H groups in total. The van der Waals surface area contributed by atoms with Gasteiger partial charge in [-0.05, 0) is 35.4 Å². The van der Waals surface area contributed by atoms with Crippen molar-refractivity contribution in [3.05, 3.63) is 59.7 Å². The minimum absolute atomic E-state index is 0.00765. The molecule has 0 saturated heterocycles. The van der Waals surface area contributed by atoms with Crippen molar-refractivity contribution < 1.29 is 14.3 Å². The Morgan fingerprint density at radius 2 is 1.24 bits per heavy atom. The van der Waals surface area contributed by atoms with Crippen molar-refractivity contribution >= 4 is 23.3 Å². The predicted octanol–water partition coefficient (Wildman–Crippen LogP) is 1.71. The molecule has 0 heterocycles. The van der Waals surface area contributed by atoms with Gasteiger partial charge in [-0.2, -0.15) is 0 Å². The second-order valence-corrected chi connectivity index (χ2v) is 4.69. The standard InChI is InChI=1S/C16H16N2O3/c17-13-5-1-3-11(7-13)9-15(19)21-16(20)10-12-4-2-6-14(18)8-12/h1-8H,9-10,17-18H2. The van der Waals surface area contributed by atoms with Gasteiger partial charge < -0.3 is 16.2 Å². The molecule has 0 unspecified atom stereocenters. The molecule has 0 aliphatic rings. The Labute approximate surface area is 122 Å². The van der Waals surface area contributed by atoms with E-state index in [0.717, 1.165) is 0 Å². The fourth-order valence-electron chi connectivity index (χ4n) is 1.94. The second-order valence-electron chi connectivity index (χ2n) is 4.69. The van der Waals surface area contributed by atoms with Crippen molar-refractivity contribution in [1.82, 2.24) is 0 Å². The smallest absolute Gasteiger partial charge is 0.317 e. The van der Waals surface area contributed by atoms with Crippen LogP contribution in [0.2, 0.25) is 0 Å². The van der Waals surface area contributed by atoms with Gasteiger partial charge in [0.15, 0.2) is 0 Å². The lowest BCUT2D eigenvalue weighted by Crippen LogP contribution is -2.16. The Bertz CT molecular complexity index is 611. The number of anilines is 2. The van der Waals surface area contributed by atoms with E-state index in [2.05, 4.69) is 0 Å². The summed E-state index contributed by atoms with van der Waals surface area (Å²) in [6, 6.07) is 13.8. The number of nitrogen functional groups attached to an aromatic ring is 2. The largest absolute Gasteiger partial charge is 0.399 e. The van der Waals surface area contributed by atoms with E-state index in [1.54, 1.807) is 48.5 Å². The first-order valence-corrected chi connectivity index (χ1v) is 6.45. The van der Waals surface area contributed by atoms with Crippen molar-refractivity contribution in [2.24, 2.45) is 0 Å². The summed E-state index contributed by atoms with van der Waals surface area (Å²) in [5.74, 6) is -1.20. The second kappa shape index (κ2) is 6.56. The zero-order valence-electron chi connectivity index (χ0n) is 11.4. The van der Waals surface area contributed by atoms with Crippen LogP contribution in [0, 0.1) is 0 Å². The SMILES string of the molecule is Nc1cccc(CC(=O)OC(=O)Cc2cccc(N)c2)c1. The molecule has 0 amide bonds. The summed E-state index contributed by atoms with van der Waals surface area (Å²) in [5.41, 5.74) is 13.8. The van der Waals surface area contributed by atoms with Gasteiger partial charge in [0.1, 0.15) is 0 Å². The van der Waals surface area contributed by atoms with E-state index in [1.807, 2.05) is 0 Å². The first-order chi connectivity index (χ1) is 10.0. The molecule has 2 aromatic carbocycles. The lowest BCUT2D eigenvalue weighted by molar-refractivity contribution is -0.158. The number of ether oxygens (including phenoxy) is 1. The normalized spacial score (nSPS) is 10.1. The molecule has 0 aliphatic heterocycles. The number of benzene rings is 2. The molecular formula is C16H16N2O3. The number of carbonyl (C=O) groups excluding carboxylic acids is 2. The molecule has 0 spiro atoms. The van der Waals surface area contributed by atoms with Crippen molar-refractivity contribution in [2.45, 2.75) is 12.8 Å². The third-order valence-corrected chi connectivity index (χ3v) is 2.83. The summed E-state index contributed by atoms with van der Waals surface area (Å²) >= 11 is 0. The van der Waals surface area contributed by atoms with E-state index in [9.17, 15) is 9.59 Å². The van der Waals surface area contributed by atoms with Crippen LogP contribution in [0.5, 0.6) is 0 Å². The zero-order valence-corrected chi connectivity index (χ0v) is 11.4. The fourth-order valence-corrected chi connectivity index (χ4v) is 1.94. The summed E-state index contributed by atoms with van der Waals surface area (Å²) in [4.78, 5) is 23.4. The molecule has 0 radical (unpaired) electrons. The van der Waals surface area contributed by atoms with Crippen LogP contribution in [-0.4, -0.2) is 11.9 Å². The summed E-state index contributed by atoms with van der Waals surface area (Å²) in [6.07, 6.45) is 0.0153. The Morgan fingerprint density at radius 1 is 0.810 bits per heavy atom. The van der Waals surface area contributed by atoms with Crippen LogP contribution in [0.4, 0.5) is 11.4 Å². The molecule has 2 aromatic rings. The highest BCUT2D eigenvalue weighted by Crippen LogP contribution is 2.10. The molecule has 2 rings (SSSR count). The van der Waals surface area contributed by atoms with E-state index in [-0.39, 0.29) is 12.8 Å². The quantitative estimate of drug-likeness (QED) is 0.506. The average Bonchev–Trinajstić information content (AvgIpc) is 2.38. The van der Waals surface area contributed by atoms with Crippen molar-refractivity contribution in [1.29, 1.82) is 0 Å². The zero-order chi connectivity index (χ0) is 15.2. The van der Waals surface area contributed by atoms with E-state index in [4.69, 9.17) is 16.2 Å². The Kier molecular flexibility index (Phi) is 4.56. The molecule has 5 heteroatoms. The number of rotatable bonds is 4. The molecule has 21 heavy (non-hydrogen) atoms. The van der Waals surface area contributed by atoms with Gasteiger partial charge in [-0.15, -0.1) is 0 Å². The maximum Gasteiger partial charge on any atom is 0.317 e. The minimum Gasteiger partial charge on any atom is -0.399 e. The molecule has 0 aromatic heterocycles. The van der Waals surface area contributed by atoms with Crippen LogP contribution in [0.1, 0.15) is 11.1 Å². The summed E-state index contributed by atoms with van der Waals surface area (Å²) in [7, 11) is 0. The van der Waals surface area contributed by atoms with Gasteiger partial charge in [0.25, 0.3) is 0 Å². The number of hydrogen-bond donors (Lipinski definition) is 2. The molecule has 108 valence electrons. The molecule has 5 nitrogen and oxygen atoms in total. The Hall–Kier alpha value is -2.82. The predicted molar refractivity (Wildman–Crippen MR) is 80.2 cm³/mol. The van der Waals surface area contributed by atoms with Gasteiger partial charge in [0.05, 0.1) is 12.8 Å². The first-order valence-electron chi connectivity index (χ1n) is 6.45.